The molecule has 118 valence electrons. The number of halogens is 1. The Balaban J connectivity index is 2.27. The molecule has 0 aliphatic heterocycles. The zero-order chi connectivity index (χ0) is 15.8. The number of rotatable bonds is 3. The van der Waals surface area contributed by atoms with Crippen LogP contribution < -0.4 is 10.5 Å². The van der Waals surface area contributed by atoms with Crippen LogP contribution in [-0.2, 0) is 10.0 Å². The lowest BCUT2D eigenvalue weighted by Gasteiger charge is -2.33. The fourth-order valence-electron chi connectivity index (χ4n) is 3.06. The van der Waals surface area contributed by atoms with Crippen LogP contribution >= 0.6 is 11.6 Å². The molecular weight excluding hydrogens is 308 g/mol. The van der Waals surface area contributed by atoms with Gasteiger partial charge < -0.3 is 5.73 Å². The van der Waals surface area contributed by atoms with E-state index in [-0.39, 0.29) is 10.9 Å². The van der Waals surface area contributed by atoms with Crippen LogP contribution in [0.15, 0.2) is 17.0 Å². The van der Waals surface area contributed by atoms with Gasteiger partial charge in [-0.2, -0.15) is 0 Å². The molecule has 1 saturated carbocycles. The van der Waals surface area contributed by atoms with Crippen LogP contribution in [0.1, 0.15) is 38.7 Å². The molecule has 0 bridgehead atoms. The molecule has 6 heteroatoms. The molecule has 1 fully saturated rings. The summed E-state index contributed by atoms with van der Waals surface area (Å²) in [6.07, 6.45) is 2.97. The first-order chi connectivity index (χ1) is 9.70. The molecule has 1 aliphatic rings. The molecule has 2 rings (SSSR count). The van der Waals surface area contributed by atoms with Gasteiger partial charge in [0, 0.05) is 16.8 Å². The van der Waals surface area contributed by atoms with Crippen LogP contribution in [0.2, 0.25) is 5.02 Å². The highest BCUT2D eigenvalue weighted by Crippen LogP contribution is 2.31. The van der Waals surface area contributed by atoms with Crippen molar-refractivity contribution in [3.8, 4) is 0 Å². The van der Waals surface area contributed by atoms with Crippen molar-refractivity contribution < 1.29 is 8.42 Å². The number of hydrogen-bond donors (Lipinski definition) is 2. The highest BCUT2D eigenvalue weighted by Gasteiger charge is 2.30. The lowest BCUT2D eigenvalue weighted by molar-refractivity contribution is 0.249. The van der Waals surface area contributed by atoms with Gasteiger partial charge in [-0.05, 0) is 55.7 Å². The van der Waals surface area contributed by atoms with E-state index in [0.717, 1.165) is 19.3 Å². The number of benzene rings is 1. The first kappa shape index (κ1) is 16.6. The molecule has 0 heterocycles. The van der Waals surface area contributed by atoms with Crippen molar-refractivity contribution in [3.05, 3.63) is 22.7 Å². The summed E-state index contributed by atoms with van der Waals surface area (Å²) in [4.78, 5) is 0.179. The van der Waals surface area contributed by atoms with Gasteiger partial charge in [0.1, 0.15) is 0 Å². The number of sulfonamides is 1. The zero-order valence-corrected chi connectivity index (χ0v) is 14.3. The van der Waals surface area contributed by atoms with Crippen molar-refractivity contribution >= 4 is 27.3 Å². The van der Waals surface area contributed by atoms with Crippen LogP contribution in [0.4, 0.5) is 5.69 Å². The van der Waals surface area contributed by atoms with E-state index < -0.39 is 10.0 Å². The monoisotopic (exact) mass is 330 g/mol. The van der Waals surface area contributed by atoms with Crippen molar-refractivity contribution in [2.24, 2.45) is 11.8 Å². The van der Waals surface area contributed by atoms with Crippen LogP contribution in [0.3, 0.4) is 0 Å². The maximum atomic E-state index is 12.6. The predicted octanol–water partition coefficient (Wildman–Crippen LogP) is 3.33. The molecule has 1 aliphatic carbocycles. The second-order valence-electron chi connectivity index (χ2n) is 6.24. The lowest BCUT2D eigenvalue weighted by atomic mass is 9.80. The average Bonchev–Trinajstić information content (AvgIpc) is 2.37. The summed E-state index contributed by atoms with van der Waals surface area (Å²) in [6.45, 7) is 6.01. The van der Waals surface area contributed by atoms with E-state index in [1.165, 1.54) is 6.07 Å². The summed E-state index contributed by atoms with van der Waals surface area (Å²) < 4.78 is 28.1. The average molecular weight is 331 g/mol. The van der Waals surface area contributed by atoms with E-state index in [1.807, 2.05) is 0 Å². The molecule has 3 unspecified atom stereocenters. The molecule has 21 heavy (non-hydrogen) atoms. The summed E-state index contributed by atoms with van der Waals surface area (Å²) in [6, 6.07) is 3.01. The van der Waals surface area contributed by atoms with Crippen LogP contribution in [0.25, 0.3) is 0 Å². The number of nitrogen functional groups attached to an aromatic ring is 1. The highest BCUT2D eigenvalue weighted by atomic mass is 35.5. The molecule has 0 amide bonds. The Hall–Kier alpha value is -0.780. The summed E-state index contributed by atoms with van der Waals surface area (Å²) in [5, 5.41) is 0.337. The van der Waals surface area contributed by atoms with Gasteiger partial charge in [0.25, 0.3) is 0 Å². The van der Waals surface area contributed by atoms with Crippen molar-refractivity contribution in [1.29, 1.82) is 0 Å². The SMILES string of the molecule is Cc1c(N)cc(Cl)cc1S(=O)(=O)NC1CCC(C)CC1C. The third-order valence-electron chi connectivity index (χ3n) is 4.39. The van der Waals surface area contributed by atoms with Gasteiger partial charge in [-0.3, -0.25) is 0 Å². The van der Waals surface area contributed by atoms with Crippen LogP contribution in [0.5, 0.6) is 0 Å². The molecular formula is C15H23ClN2O2S. The predicted molar refractivity (Wildman–Crippen MR) is 86.9 cm³/mol. The molecule has 4 nitrogen and oxygen atoms in total. The second-order valence-corrected chi connectivity index (χ2v) is 8.36. The van der Waals surface area contributed by atoms with E-state index in [4.69, 9.17) is 17.3 Å². The maximum Gasteiger partial charge on any atom is 0.241 e. The topological polar surface area (TPSA) is 72.2 Å². The van der Waals surface area contributed by atoms with E-state index >= 15 is 0 Å². The summed E-state index contributed by atoms with van der Waals surface area (Å²) in [5.74, 6) is 0.990. The quantitative estimate of drug-likeness (QED) is 0.835. The van der Waals surface area contributed by atoms with Crippen LogP contribution in [0, 0.1) is 18.8 Å². The van der Waals surface area contributed by atoms with E-state index in [9.17, 15) is 8.42 Å². The zero-order valence-electron chi connectivity index (χ0n) is 12.7. The van der Waals surface area contributed by atoms with Gasteiger partial charge in [0.05, 0.1) is 4.90 Å². The molecule has 0 spiro atoms. The van der Waals surface area contributed by atoms with Gasteiger partial charge in [-0.25, -0.2) is 13.1 Å². The molecule has 0 saturated heterocycles. The Labute approximate surface area is 132 Å². The van der Waals surface area contributed by atoms with Gasteiger partial charge in [-0.15, -0.1) is 0 Å². The Bertz CT molecular complexity index is 631. The Kier molecular flexibility index (Phi) is 4.85. The molecule has 0 radical (unpaired) electrons. The molecule has 3 N–H and O–H groups in total. The van der Waals surface area contributed by atoms with Crippen LogP contribution in [-0.4, -0.2) is 14.5 Å². The number of hydrogen-bond acceptors (Lipinski definition) is 3. The minimum atomic E-state index is -3.60. The second kappa shape index (κ2) is 6.15. The van der Waals surface area contributed by atoms with E-state index in [0.29, 0.717) is 28.1 Å². The summed E-state index contributed by atoms with van der Waals surface area (Å²) in [7, 11) is -3.60. The van der Waals surface area contributed by atoms with E-state index in [2.05, 4.69) is 18.6 Å². The van der Waals surface area contributed by atoms with Gasteiger partial charge in [0.15, 0.2) is 0 Å². The highest BCUT2D eigenvalue weighted by molar-refractivity contribution is 7.89. The fraction of sp³-hybridized carbons (Fsp3) is 0.600. The smallest absolute Gasteiger partial charge is 0.241 e. The minimum absolute atomic E-state index is 0.0224. The normalized spacial score (nSPS) is 26.8. The fourth-order valence-corrected chi connectivity index (χ4v) is 5.03. The van der Waals surface area contributed by atoms with Gasteiger partial charge in [0.2, 0.25) is 10.0 Å². The molecule has 1 aromatic carbocycles. The van der Waals surface area contributed by atoms with Crippen molar-refractivity contribution in [1.82, 2.24) is 4.72 Å². The van der Waals surface area contributed by atoms with Crippen molar-refractivity contribution in [3.63, 3.8) is 0 Å². The third kappa shape index (κ3) is 3.71. The first-order valence-corrected chi connectivity index (χ1v) is 9.14. The standard InChI is InChI=1S/C15H23ClN2O2S/c1-9-4-5-14(10(2)6-9)18-21(19,20)15-8-12(16)7-13(17)11(15)3/h7-10,14,18H,4-6,17H2,1-3H3. The van der Waals surface area contributed by atoms with Crippen molar-refractivity contribution in [2.75, 3.05) is 5.73 Å². The molecule has 0 aromatic heterocycles. The van der Waals surface area contributed by atoms with E-state index in [1.54, 1.807) is 13.0 Å². The Morgan fingerprint density at radius 3 is 2.57 bits per heavy atom. The lowest BCUT2D eigenvalue weighted by Crippen LogP contribution is -2.42. The number of anilines is 1. The first-order valence-electron chi connectivity index (χ1n) is 7.28. The number of nitrogens with one attached hydrogen (secondary N) is 1. The summed E-state index contributed by atoms with van der Waals surface area (Å²) in [5.41, 5.74) is 6.76. The maximum absolute atomic E-state index is 12.6. The van der Waals surface area contributed by atoms with Gasteiger partial charge in [-0.1, -0.05) is 25.4 Å². The number of nitrogens with two attached hydrogens (primary N) is 1. The third-order valence-corrected chi connectivity index (χ3v) is 6.23. The molecule has 3 atom stereocenters. The minimum Gasteiger partial charge on any atom is -0.398 e. The van der Waals surface area contributed by atoms with Crippen molar-refractivity contribution in [2.45, 2.75) is 51.0 Å². The summed E-state index contributed by atoms with van der Waals surface area (Å²) >= 11 is 5.95. The Morgan fingerprint density at radius 1 is 1.29 bits per heavy atom. The Morgan fingerprint density at radius 2 is 1.95 bits per heavy atom. The van der Waals surface area contributed by atoms with Gasteiger partial charge >= 0.3 is 0 Å². The molecule has 1 aromatic rings. The largest absolute Gasteiger partial charge is 0.398 e.